The highest BCUT2D eigenvalue weighted by Gasteiger charge is 2.27. The molecule has 0 saturated carbocycles. The molecule has 0 aliphatic carbocycles. The van der Waals surface area contributed by atoms with Gasteiger partial charge in [-0.2, -0.15) is 0 Å². The molecule has 3 heterocycles. The molecule has 0 unspecified atom stereocenters. The Morgan fingerprint density at radius 3 is 2.82 bits per heavy atom. The van der Waals surface area contributed by atoms with Crippen molar-refractivity contribution in [3.8, 4) is 11.3 Å². The molecule has 1 fully saturated rings. The van der Waals surface area contributed by atoms with E-state index in [9.17, 15) is 9.18 Å². The fourth-order valence-electron chi connectivity index (χ4n) is 3.47. The molecule has 0 bridgehead atoms. The van der Waals surface area contributed by atoms with Crippen LogP contribution in [0, 0.1) is 5.82 Å². The van der Waals surface area contributed by atoms with Crippen LogP contribution in [0.5, 0.6) is 0 Å². The highest BCUT2D eigenvalue weighted by Crippen LogP contribution is 2.29. The number of anilines is 1. The van der Waals surface area contributed by atoms with Gasteiger partial charge in [-0.05, 0) is 18.1 Å². The summed E-state index contributed by atoms with van der Waals surface area (Å²) in [6, 6.07) is 12.8. The molecule has 28 heavy (non-hydrogen) atoms. The number of rotatable bonds is 3. The van der Waals surface area contributed by atoms with Crippen LogP contribution in [-0.2, 0) is 11.8 Å². The van der Waals surface area contributed by atoms with Crippen molar-refractivity contribution >= 4 is 5.95 Å². The summed E-state index contributed by atoms with van der Waals surface area (Å²) in [5.41, 5.74) is 1.40. The second kappa shape index (κ2) is 7.90. The summed E-state index contributed by atoms with van der Waals surface area (Å²) in [7, 11) is 1.69. The molecule has 1 aromatic carbocycles. The van der Waals surface area contributed by atoms with Crippen molar-refractivity contribution in [2.75, 3.05) is 24.7 Å². The topological polar surface area (TPSA) is 60.2 Å². The minimum Gasteiger partial charge on any atom is -0.379 e. The Morgan fingerprint density at radius 2 is 2.04 bits per heavy atom. The Hall–Kier alpha value is -3.06. The van der Waals surface area contributed by atoms with Gasteiger partial charge in [0.25, 0.3) is 5.56 Å². The van der Waals surface area contributed by atoms with Crippen LogP contribution in [0.15, 0.2) is 59.7 Å². The molecule has 3 aromatic rings. The SMILES string of the molecule is Cn1c(N2CCCOC[C@H]2c2ccccc2)nc(-c2ccncc2F)cc1=O. The molecular weight excluding hydrogens is 359 g/mol. The lowest BCUT2D eigenvalue weighted by atomic mass is 10.1. The van der Waals surface area contributed by atoms with Crippen molar-refractivity contribution in [1.82, 2.24) is 14.5 Å². The van der Waals surface area contributed by atoms with E-state index in [0.29, 0.717) is 31.4 Å². The van der Waals surface area contributed by atoms with E-state index in [2.05, 4.69) is 14.9 Å². The highest BCUT2D eigenvalue weighted by atomic mass is 19.1. The summed E-state index contributed by atoms with van der Waals surface area (Å²) in [6.45, 7) is 1.82. The van der Waals surface area contributed by atoms with Crippen molar-refractivity contribution < 1.29 is 9.13 Å². The Bertz CT molecular complexity index is 1020. The van der Waals surface area contributed by atoms with E-state index in [-0.39, 0.29) is 17.2 Å². The first kappa shape index (κ1) is 18.3. The van der Waals surface area contributed by atoms with E-state index in [1.807, 2.05) is 30.3 Å². The van der Waals surface area contributed by atoms with Crippen LogP contribution in [0.25, 0.3) is 11.3 Å². The van der Waals surface area contributed by atoms with Crippen LogP contribution < -0.4 is 10.5 Å². The second-order valence-electron chi connectivity index (χ2n) is 6.74. The minimum atomic E-state index is -0.506. The highest BCUT2D eigenvalue weighted by molar-refractivity contribution is 5.60. The summed E-state index contributed by atoms with van der Waals surface area (Å²) >= 11 is 0. The van der Waals surface area contributed by atoms with Crippen molar-refractivity contribution in [3.05, 3.63) is 76.6 Å². The van der Waals surface area contributed by atoms with E-state index in [0.717, 1.165) is 18.2 Å². The lowest BCUT2D eigenvalue weighted by Crippen LogP contribution is -2.36. The van der Waals surface area contributed by atoms with E-state index in [4.69, 9.17) is 4.74 Å². The third-order valence-electron chi connectivity index (χ3n) is 4.94. The number of hydrogen-bond acceptors (Lipinski definition) is 5. The molecule has 7 heteroatoms. The standard InChI is InChI=1S/C21H21FN4O2/c1-25-20(27)12-18(16-8-9-23-13-17(16)22)24-21(25)26-10-5-11-28-14-19(26)15-6-3-2-4-7-15/h2-4,6-9,12-13,19H,5,10-11,14H2,1H3/t19-/m0/s1. The number of ether oxygens (including phenoxy) is 1. The number of aromatic nitrogens is 3. The molecule has 1 aliphatic rings. The Kier molecular flexibility index (Phi) is 5.16. The van der Waals surface area contributed by atoms with Crippen molar-refractivity contribution in [2.24, 2.45) is 7.05 Å². The Labute approximate surface area is 162 Å². The van der Waals surface area contributed by atoms with Gasteiger partial charge in [-0.3, -0.25) is 14.3 Å². The van der Waals surface area contributed by atoms with E-state index in [1.165, 1.54) is 22.9 Å². The van der Waals surface area contributed by atoms with Crippen molar-refractivity contribution in [1.29, 1.82) is 0 Å². The summed E-state index contributed by atoms with van der Waals surface area (Å²) in [5.74, 6) is -0.00826. The first-order chi connectivity index (χ1) is 13.6. The fraction of sp³-hybridized carbons (Fsp3) is 0.286. The monoisotopic (exact) mass is 380 g/mol. The van der Waals surface area contributed by atoms with Crippen LogP contribution in [0.4, 0.5) is 10.3 Å². The van der Waals surface area contributed by atoms with Crippen LogP contribution in [0.2, 0.25) is 0 Å². The minimum absolute atomic E-state index is 0.0839. The van der Waals surface area contributed by atoms with Gasteiger partial charge >= 0.3 is 0 Å². The normalized spacial score (nSPS) is 17.4. The third kappa shape index (κ3) is 3.53. The van der Waals surface area contributed by atoms with Crippen molar-refractivity contribution in [3.63, 3.8) is 0 Å². The summed E-state index contributed by atoms with van der Waals surface area (Å²) in [5, 5.41) is 0. The van der Waals surface area contributed by atoms with Crippen LogP contribution >= 0.6 is 0 Å². The fourth-order valence-corrected chi connectivity index (χ4v) is 3.47. The molecular formula is C21H21FN4O2. The molecule has 0 amide bonds. The van der Waals surface area contributed by atoms with Crippen LogP contribution in [0.1, 0.15) is 18.0 Å². The molecule has 0 spiro atoms. The average molecular weight is 380 g/mol. The van der Waals surface area contributed by atoms with Gasteiger partial charge in [-0.25, -0.2) is 9.37 Å². The average Bonchev–Trinajstić information content (AvgIpc) is 2.97. The zero-order valence-corrected chi connectivity index (χ0v) is 15.6. The molecule has 144 valence electrons. The Morgan fingerprint density at radius 1 is 1.21 bits per heavy atom. The number of nitrogens with zero attached hydrogens (tertiary/aromatic N) is 4. The number of pyridine rings is 1. The molecule has 1 atom stereocenters. The van der Waals surface area contributed by atoms with E-state index < -0.39 is 5.82 Å². The lowest BCUT2D eigenvalue weighted by Gasteiger charge is -2.31. The quantitative estimate of drug-likeness (QED) is 0.699. The molecule has 1 aliphatic heterocycles. The number of benzene rings is 1. The second-order valence-corrected chi connectivity index (χ2v) is 6.74. The van der Waals surface area contributed by atoms with Gasteiger partial charge < -0.3 is 9.64 Å². The molecule has 0 N–H and O–H groups in total. The maximum Gasteiger partial charge on any atom is 0.255 e. The van der Waals surface area contributed by atoms with Crippen molar-refractivity contribution in [2.45, 2.75) is 12.5 Å². The van der Waals surface area contributed by atoms with E-state index in [1.54, 1.807) is 7.05 Å². The van der Waals surface area contributed by atoms with E-state index >= 15 is 0 Å². The first-order valence-electron chi connectivity index (χ1n) is 9.22. The Balaban J connectivity index is 1.84. The summed E-state index contributed by atoms with van der Waals surface area (Å²) in [6.07, 6.45) is 3.43. The van der Waals surface area contributed by atoms with Gasteiger partial charge in [0.2, 0.25) is 5.95 Å². The zero-order chi connectivity index (χ0) is 19.5. The molecule has 0 radical (unpaired) electrons. The van der Waals surface area contributed by atoms with Gasteiger partial charge in [0.15, 0.2) is 5.82 Å². The molecule has 6 nitrogen and oxygen atoms in total. The first-order valence-corrected chi connectivity index (χ1v) is 9.22. The molecule has 1 saturated heterocycles. The molecule has 2 aromatic heterocycles. The maximum absolute atomic E-state index is 14.2. The van der Waals surface area contributed by atoms with Gasteiger partial charge in [0.05, 0.1) is 24.5 Å². The zero-order valence-electron chi connectivity index (χ0n) is 15.6. The maximum atomic E-state index is 14.2. The smallest absolute Gasteiger partial charge is 0.255 e. The predicted molar refractivity (Wildman–Crippen MR) is 105 cm³/mol. The third-order valence-corrected chi connectivity index (χ3v) is 4.94. The van der Waals surface area contributed by atoms with Gasteiger partial charge in [0, 0.05) is 38.0 Å². The number of halogens is 1. The number of hydrogen-bond donors (Lipinski definition) is 0. The largest absolute Gasteiger partial charge is 0.379 e. The summed E-state index contributed by atoms with van der Waals surface area (Å²) < 4.78 is 21.5. The van der Waals surface area contributed by atoms with Gasteiger partial charge in [0.1, 0.15) is 0 Å². The summed E-state index contributed by atoms with van der Waals surface area (Å²) in [4.78, 5) is 23.2. The lowest BCUT2D eigenvalue weighted by molar-refractivity contribution is 0.134. The van der Waals surface area contributed by atoms with Gasteiger partial charge in [-0.15, -0.1) is 0 Å². The predicted octanol–water partition coefficient (Wildman–Crippen LogP) is 2.95. The van der Waals surface area contributed by atoms with Crippen LogP contribution in [-0.4, -0.2) is 34.3 Å². The van der Waals surface area contributed by atoms with Crippen LogP contribution in [0.3, 0.4) is 0 Å². The molecule has 4 rings (SSSR count). The van der Waals surface area contributed by atoms with Gasteiger partial charge in [-0.1, -0.05) is 30.3 Å².